The van der Waals surface area contributed by atoms with Crippen LogP contribution in [0.2, 0.25) is 5.02 Å². The van der Waals surface area contributed by atoms with Gasteiger partial charge in [0.25, 0.3) is 10.0 Å². The number of nitrogens with zero attached hydrogens (tertiary/aromatic N) is 1. The minimum absolute atomic E-state index is 0.0308. The number of hydrogen-bond donors (Lipinski definition) is 1. The van der Waals surface area contributed by atoms with Crippen LogP contribution >= 0.6 is 11.6 Å². The van der Waals surface area contributed by atoms with Gasteiger partial charge < -0.3 is 14.4 Å². The van der Waals surface area contributed by atoms with Crippen LogP contribution in [0.25, 0.3) is 0 Å². The normalized spacial score (nSPS) is 16.3. The standard InChI is InChI=1S/C31H33ClN2O6S/c32-26-15-14-25(31(36)40-21-29(35)24-12-10-23(11-13-24)22-6-2-1-3-7-22)20-30(26)41(37,38)33-27-8-4-5-9-28(27)34-16-18-39-19-17-34/h4-5,8-15,20,22,33H,1-3,6-7,16-19,21H2. The number of Topliss-reactive ketones (excluding diaryl/α,β-unsaturated/α-hetero) is 1. The van der Waals surface area contributed by atoms with E-state index in [1.807, 2.05) is 29.2 Å². The molecule has 2 aliphatic rings. The van der Waals surface area contributed by atoms with Gasteiger partial charge >= 0.3 is 5.97 Å². The molecule has 0 amide bonds. The van der Waals surface area contributed by atoms with Crippen molar-refractivity contribution in [2.75, 3.05) is 42.5 Å². The molecule has 1 heterocycles. The summed E-state index contributed by atoms with van der Waals surface area (Å²) in [5.74, 6) is -0.626. The number of carbonyl (C=O) groups excluding carboxylic acids is 2. The highest BCUT2D eigenvalue weighted by molar-refractivity contribution is 7.92. The van der Waals surface area contributed by atoms with Gasteiger partial charge in [-0.1, -0.05) is 67.3 Å². The Kier molecular flexibility index (Phi) is 9.27. The summed E-state index contributed by atoms with van der Waals surface area (Å²) in [4.78, 5) is 27.3. The fourth-order valence-corrected chi connectivity index (χ4v) is 6.95. The van der Waals surface area contributed by atoms with E-state index in [1.165, 1.54) is 49.8 Å². The minimum atomic E-state index is -4.16. The molecule has 41 heavy (non-hydrogen) atoms. The summed E-state index contributed by atoms with van der Waals surface area (Å²) in [6, 6.07) is 18.4. The van der Waals surface area contributed by atoms with E-state index in [0.717, 1.165) is 11.8 Å². The highest BCUT2D eigenvalue weighted by Gasteiger charge is 2.24. The molecular formula is C31H33ClN2O6S. The molecule has 1 N–H and O–H groups in total. The molecule has 5 rings (SSSR count). The second-order valence-corrected chi connectivity index (χ2v) is 12.4. The number of halogens is 1. The molecule has 1 saturated heterocycles. The van der Waals surface area contributed by atoms with Gasteiger partial charge in [-0.05, 0) is 54.7 Å². The zero-order valence-corrected chi connectivity index (χ0v) is 24.3. The fraction of sp³-hybridized carbons (Fsp3) is 0.355. The van der Waals surface area contributed by atoms with Crippen molar-refractivity contribution in [3.8, 4) is 0 Å². The summed E-state index contributed by atoms with van der Waals surface area (Å²) in [5.41, 5.74) is 2.76. The average molecular weight is 597 g/mol. The molecule has 0 spiro atoms. The summed E-state index contributed by atoms with van der Waals surface area (Å²) in [6.45, 7) is 1.89. The average Bonchev–Trinajstić information content (AvgIpc) is 3.01. The van der Waals surface area contributed by atoms with Crippen molar-refractivity contribution in [2.24, 2.45) is 0 Å². The molecule has 0 aromatic heterocycles. The monoisotopic (exact) mass is 596 g/mol. The first-order chi connectivity index (χ1) is 19.8. The number of esters is 1. The second kappa shape index (κ2) is 13.1. The molecule has 216 valence electrons. The Morgan fingerprint density at radius 3 is 2.34 bits per heavy atom. The van der Waals surface area contributed by atoms with Crippen LogP contribution in [0, 0.1) is 0 Å². The maximum Gasteiger partial charge on any atom is 0.338 e. The van der Waals surface area contributed by atoms with E-state index in [9.17, 15) is 18.0 Å². The Bertz CT molecular complexity index is 1500. The van der Waals surface area contributed by atoms with Crippen LogP contribution in [0.15, 0.2) is 71.6 Å². The molecule has 3 aromatic carbocycles. The third-order valence-corrected chi connectivity index (χ3v) is 9.45. The first-order valence-corrected chi connectivity index (χ1v) is 15.7. The molecule has 2 fully saturated rings. The first kappa shape index (κ1) is 29.1. The summed E-state index contributed by atoms with van der Waals surface area (Å²) < 4.78 is 40.0. The number of carbonyl (C=O) groups is 2. The summed E-state index contributed by atoms with van der Waals surface area (Å²) in [6.07, 6.45) is 6.07. The summed E-state index contributed by atoms with van der Waals surface area (Å²) >= 11 is 6.26. The van der Waals surface area contributed by atoms with E-state index in [0.29, 0.717) is 43.5 Å². The van der Waals surface area contributed by atoms with Crippen molar-refractivity contribution in [1.82, 2.24) is 0 Å². The fourth-order valence-electron chi connectivity index (χ4n) is 5.35. The van der Waals surface area contributed by atoms with Crippen LogP contribution in [0.1, 0.15) is 64.3 Å². The molecule has 0 bridgehead atoms. The maximum absolute atomic E-state index is 13.4. The van der Waals surface area contributed by atoms with E-state index in [-0.39, 0.29) is 21.3 Å². The number of sulfonamides is 1. The van der Waals surface area contributed by atoms with Gasteiger partial charge in [0.05, 0.1) is 35.2 Å². The smallest absolute Gasteiger partial charge is 0.338 e. The van der Waals surface area contributed by atoms with Crippen LogP contribution in [-0.2, 0) is 19.5 Å². The number of morpholine rings is 1. The molecule has 1 aliphatic carbocycles. The van der Waals surface area contributed by atoms with Crippen LogP contribution in [0.4, 0.5) is 11.4 Å². The lowest BCUT2D eigenvalue weighted by Crippen LogP contribution is -2.36. The maximum atomic E-state index is 13.4. The number of hydrogen-bond acceptors (Lipinski definition) is 7. The highest BCUT2D eigenvalue weighted by atomic mass is 35.5. The van der Waals surface area contributed by atoms with Gasteiger partial charge in [0, 0.05) is 18.7 Å². The van der Waals surface area contributed by atoms with Crippen LogP contribution in [0.5, 0.6) is 0 Å². The Balaban J connectivity index is 1.25. The van der Waals surface area contributed by atoms with Crippen molar-refractivity contribution in [1.29, 1.82) is 0 Å². The Morgan fingerprint density at radius 1 is 0.927 bits per heavy atom. The van der Waals surface area contributed by atoms with E-state index < -0.39 is 22.6 Å². The Hall–Kier alpha value is -3.40. The number of ether oxygens (including phenoxy) is 2. The third-order valence-electron chi connectivity index (χ3n) is 7.60. The van der Waals surface area contributed by atoms with Gasteiger partial charge in [0.15, 0.2) is 12.4 Å². The van der Waals surface area contributed by atoms with E-state index >= 15 is 0 Å². The summed E-state index contributed by atoms with van der Waals surface area (Å²) in [7, 11) is -4.16. The molecule has 1 aliphatic heterocycles. The molecule has 1 saturated carbocycles. The number of anilines is 2. The zero-order valence-electron chi connectivity index (χ0n) is 22.7. The van der Waals surface area contributed by atoms with Crippen molar-refractivity contribution in [2.45, 2.75) is 42.9 Å². The van der Waals surface area contributed by atoms with Crippen molar-refractivity contribution >= 4 is 44.8 Å². The van der Waals surface area contributed by atoms with Crippen molar-refractivity contribution in [3.05, 3.63) is 88.4 Å². The molecule has 0 radical (unpaired) electrons. The number of ketones is 1. The lowest BCUT2D eigenvalue weighted by molar-refractivity contribution is 0.0474. The molecular weight excluding hydrogens is 564 g/mol. The second-order valence-electron chi connectivity index (χ2n) is 10.3. The quantitative estimate of drug-likeness (QED) is 0.236. The van der Waals surface area contributed by atoms with E-state index in [1.54, 1.807) is 24.3 Å². The van der Waals surface area contributed by atoms with Crippen LogP contribution in [0.3, 0.4) is 0 Å². The van der Waals surface area contributed by atoms with Gasteiger partial charge in [-0.15, -0.1) is 0 Å². The largest absolute Gasteiger partial charge is 0.454 e. The molecule has 8 nitrogen and oxygen atoms in total. The number of benzene rings is 3. The van der Waals surface area contributed by atoms with Gasteiger partial charge in [-0.3, -0.25) is 9.52 Å². The summed E-state index contributed by atoms with van der Waals surface area (Å²) in [5, 5.41) is -0.0490. The van der Waals surface area contributed by atoms with Crippen LogP contribution in [-0.4, -0.2) is 53.1 Å². The third kappa shape index (κ3) is 7.09. The lowest BCUT2D eigenvalue weighted by atomic mass is 9.84. The van der Waals surface area contributed by atoms with Gasteiger partial charge in [-0.25, -0.2) is 13.2 Å². The van der Waals surface area contributed by atoms with Gasteiger partial charge in [0.2, 0.25) is 0 Å². The van der Waals surface area contributed by atoms with Crippen molar-refractivity contribution < 1.29 is 27.5 Å². The van der Waals surface area contributed by atoms with Crippen molar-refractivity contribution in [3.63, 3.8) is 0 Å². The molecule has 0 unspecified atom stereocenters. The SMILES string of the molecule is O=C(COC(=O)c1ccc(Cl)c(S(=O)(=O)Nc2ccccc2N2CCOCC2)c1)c1ccc(C2CCCCC2)cc1. The molecule has 3 aromatic rings. The van der Waals surface area contributed by atoms with E-state index in [2.05, 4.69) is 4.72 Å². The lowest BCUT2D eigenvalue weighted by Gasteiger charge is -2.30. The Labute approximate surface area is 245 Å². The number of nitrogens with one attached hydrogen (secondary N) is 1. The predicted molar refractivity (Wildman–Crippen MR) is 159 cm³/mol. The topological polar surface area (TPSA) is 102 Å². The van der Waals surface area contributed by atoms with Gasteiger partial charge in [0.1, 0.15) is 4.90 Å². The first-order valence-electron chi connectivity index (χ1n) is 13.9. The van der Waals surface area contributed by atoms with Crippen LogP contribution < -0.4 is 9.62 Å². The number of rotatable bonds is 9. The highest BCUT2D eigenvalue weighted by Crippen LogP contribution is 2.33. The van der Waals surface area contributed by atoms with Gasteiger partial charge in [-0.2, -0.15) is 0 Å². The Morgan fingerprint density at radius 2 is 1.61 bits per heavy atom. The molecule has 10 heteroatoms. The molecule has 0 atom stereocenters. The minimum Gasteiger partial charge on any atom is -0.454 e. The zero-order chi connectivity index (χ0) is 28.8. The van der Waals surface area contributed by atoms with E-state index in [4.69, 9.17) is 21.1 Å². The number of para-hydroxylation sites is 2. The predicted octanol–water partition coefficient (Wildman–Crippen LogP) is 6.06.